The first-order valence-electron chi connectivity index (χ1n) is 6.28. The van der Waals surface area contributed by atoms with Gasteiger partial charge in [-0.3, -0.25) is 9.69 Å². The second kappa shape index (κ2) is 5.90. The Bertz CT molecular complexity index is 490. The van der Waals surface area contributed by atoms with Crippen LogP contribution in [0.3, 0.4) is 0 Å². The van der Waals surface area contributed by atoms with Gasteiger partial charge in [-0.05, 0) is 25.5 Å². The Kier molecular flexibility index (Phi) is 4.45. The molecule has 0 aromatic heterocycles. The Morgan fingerprint density at radius 2 is 2.32 bits per heavy atom. The molecule has 19 heavy (non-hydrogen) atoms. The molecule has 0 spiro atoms. The second-order valence-corrected chi connectivity index (χ2v) is 5.34. The molecule has 0 bridgehead atoms. The van der Waals surface area contributed by atoms with Crippen LogP contribution in [0.4, 0.5) is 0 Å². The Morgan fingerprint density at radius 1 is 1.58 bits per heavy atom. The zero-order valence-electron chi connectivity index (χ0n) is 11.1. The molecule has 0 radical (unpaired) electrons. The van der Waals surface area contributed by atoms with Gasteiger partial charge in [0, 0.05) is 37.3 Å². The number of phenolic OH excluding ortho intramolecular Hbond substituents is 1. The largest absolute Gasteiger partial charge is 0.507 e. The van der Waals surface area contributed by atoms with E-state index < -0.39 is 0 Å². The van der Waals surface area contributed by atoms with E-state index in [0.717, 1.165) is 19.5 Å². The second-order valence-electron chi connectivity index (χ2n) is 4.90. The quantitative estimate of drug-likeness (QED) is 0.863. The third kappa shape index (κ3) is 3.26. The van der Waals surface area contributed by atoms with E-state index in [1.54, 1.807) is 13.2 Å². The fourth-order valence-corrected chi connectivity index (χ4v) is 2.66. The minimum Gasteiger partial charge on any atom is -0.507 e. The van der Waals surface area contributed by atoms with E-state index in [-0.39, 0.29) is 23.2 Å². The predicted molar refractivity (Wildman–Crippen MR) is 73.8 cm³/mol. The number of ether oxygens (including phenoxy) is 1. The van der Waals surface area contributed by atoms with Crippen molar-refractivity contribution in [3.63, 3.8) is 0 Å². The van der Waals surface area contributed by atoms with Gasteiger partial charge in [0.15, 0.2) is 5.78 Å². The van der Waals surface area contributed by atoms with Crippen LogP contribution in [0.25, 0.3) is 0 Å². The molecule has 0 saturated carbocycles. The zero-order chi connectivity index (χ0) is 14.0. The van der Waals surface area contributed by atoms with Crippen molar-refractivity contribution in [1.82, 2.24) is 4.90 Å². The van der Waals surface area contributed by atoms with Crippen molar-refractivity contribution in [2.75, 3.05) is 20.2 Å². The number of rotatable bonds is 4. The monoisotopic (exact) mass is 283 g/mol. The number of Topliss-reactive ketones (excluding diaryl/α,β-unsaturated/α-hetero) is 1. The van der Waals surface area contributed by atoms with Crippen molar-refractivity contribution in [3.05, 3.63) is 28.3 Å². The standard InChI is InChI=1S/C14H18ClNO3/c1-9(17)13-6-11(15)5-10(14(13)18)7-16-4-3-12(8-16)19-2/h5-6,12,18H,3-4,7-8H2,1-2H3. The van der Waals surface area contributed by atoms with E-state index in [2.05, 4.69) is 4.90 Å². The summed E-state index contributed by atoms with van der Waals surface area (Å²) in [7, 11) is 1.71. The molecule has 1 aliphatic rings. The molecule has 0 aliphatic carbocycles. The van der Waals surface area contributed by atoms with Crippen LogP contribution < -0.4 is 0 Å². The van der Waals surface area contributed by atoms with Gasteiger partial charge in [0.2, 0.25) is 0 Å². The number of nitrogens with zero attached hydrogens (tertiary/aromatic N) is 1. The lowest BCUT2D eigenvalue weighted by Gasteiger charge is -2.17. The van der Waals surface area contributed by atoms with Gasteiger partial charge < -0.3 is 9.84 Å². The molecule has 1 aliphatic heterocycles. The number of phenols is 1. The first-order chi connectivity index (χ1) is 9.01. The van der Waals surface area contributed by atoms with Gasteiger partial charge in [-0.1, -0.05) is 11.6 Å². The number of hydrogen-bond acceptors (Lipinski definition) is 4. The first kappa shape index (κ1) is 14.3. The summed E-state index contributed by atoms with van der Waals surface area (Å²) in [6, 6.07) is 3.22. The van der Waals surface area contributed by atoms with Gasteiger partial charge in [-0.2, -0.15) is 0 Å². The maximum atomic E-state index is 11.5. The molecular weight excluding hydrogens is 266 g/mol. The SMILES string of the molecule is COC1CCN(Cc2cc(Cl)cc(C(C)=O)c2O)C1. The summed E-state index contributed by atoms with van der Waals surface area (Å²) in [6.45, 7) is 3.75. The number of aromatic hydroxyl groups is 1. The average molecular weight is 284 g/mol. The van der Waals surface area contributed by atoms with Crippen LogP contribution >= 0.6 is 11.6 Å². The van der Waals surface area contributed by atoms with Crippen molar-refractivity contribution in [1.29, 1.82) is 0 Å². The summed E-state index contributed by atoms with van der Waals surface area (Å²) in [5, 5.41) is 10.6. The molecule has 4 nitrogen and oxygen atoms in total. The number of halogens is 1. The normalized spacial score (nSPS) is 19.8. The van der Waals surface area contributed by atoms with Crippen LogP contribution in [-0.4, -0.2) is 42.1 Å². The first-order valence-corrected chi connectivity index (χ1v) is 6.66. The van der Waals surface area contributed by atoms with Crippen LogP contribution in [0.5, 0.6) is 5.75 Å². The molecule has 104 valence electrons. The molecule has 1 fully saturated rings. The van der Waals surface area contributed by atoms with Crippen LogP contribution in [0.15, 0.2) is 12.1 Å². The Hall–Kier alpha value is -1.10. The van der Waals surface area contributed by atoms with E-state index in [4.69, 9.17) is 16.3 Å². The fourth-order valence-electron chi connectivity index (χ4n) is 2.42. The van der Waals surface area contributed by atoms with Crippen LogP contribution in [0.1, 0.15) is 29.3 Å². The number of benzene rings is 1. The molecule has 1 heterocycles. The highest BCUT2D eigenvalue weighted by molar-refractivity contribution is 6.31. The fraction of sp³-hybridized carbons (Fsp3) is 0.500. The molecular formula is C14H18ClNO3. The van der Waals surface area contributed by atoms with Crippen molar-refractivity contribution in [2.45, 2.75) is 26.0 Å². The summed E-state index contributed by atoms with van der Waals surface area (Å²) < 4.78 is 5.31. The number of likely N-dealkylation sites (tertiary alicyclic amines) is 1. The van der Waals surface area contributed by atoms with Crippen LogP contribution in [0.2, 0.25) is 5.02 Å². The molecule has 0 amide bonds. The van der Waals surface area contributed by atoms with Crippen molar-refractivity contribution < 1.29 is 14.6 Å². The number of hydrogen-bond donors (Lipinski definition) is 1. The highest BCUT2D eigenvalue weighted by atomic mass is 35.5. The Morgan fingerprint density at radius 3 is 2.89 bits per heavy atom. The lowest BCUT2D eigenvalue weighted by atomic mass is 10.1. The van der Waals surface area contributed by atoms with Gasteiger partial charge in [0.25, 0.3) is 0 Å². The summed E-state index contributed by atoms with van der Waals surface area (Å²) in [5.41, 5.74) is 0.972. The smallest absolute Gasteiger partial charge is 0.163 e. The van der Waals surface area contributed by atoms with Gasteiger partial charge in [-0.25, -0.2) is 0 Å². The Labute approximate surface area is 117 Å². The van der Waals surface area contributed by atoms with Crippen molar-refractivity contribution in [3.8, 4) is 5.75 Å². The third-order valence-corrected chi connectivity index (χ3v) is 3.71. The maximum absolute atomic E-state index is 11.5. The molecule has 5 heteroatoms. The minimum absolute atomic E-state index is 0.0396. The average Bonchev–Trinajstić information content (AvgIpc) is 2.80. The number of methoxy groups -OCH3 is 1. The van der Waals surface area contributed by atoms with E-state index in [1.807, 2.05) is 0 Å². The number of carbonyl (C=O) groups excluding carboxylic acids is 1. The van der Waals surface area contributed by atoms with E-state index >= 15 is 0 Å². The molecule has 1 N–H and O–H groups in total. The zero-order valence-corrected chi connectivity index (χ0v) is 11.9. The van der Waals surface area contributed by atoms with Gasteiger partial charge in [0.1, 0.15) is 5.75 Å². The highest BCUT2D eigenvalue weighted by Crippen LogP contribution is 2.29. The topological polar surface area (TPSA) is 49.8 Å². The summed E-state index contributed by atoms with van der Waals surface area (Å²) in [4.78, 5) is 13.6. The van der Waals surface area contributed by atoms with Gasteiger partial charge in [-0.15, -0.1) is 0 Å². The minimum atomic E-state index is -0.183. The van der Waals surface area contributed by atoms with Crippen molar-refractivity contribution in [2.24, 2.45) is 0 Å². The van der Waals surface area contributed by atoms with Crippen molar-refractivity contribution >= 4 is 17.4 Å². The maximum Gasteiger partial charge on any atom is 0.163 e. The number of ketones is 1. The highest BCUT2D eigenvalue weighted by Gasteiger charge is 2.23. The lowest BCUT2D eigenvalue weighted by molar-refractivity contribution is 0.101. The van der Waals surface area contributed by atoms with E-state index in [9.17, 15) is 9.90 Å². The summed E-state index contributed by atoms with van der Waals surface area (Å²) in [6.07, 6.45) is 1.23. The van der Waals surface area contributed by atoms with Crippen LogP contribution in [-0.2, 0) is 11.3 Å². The predicted octanol–water partition coefficient (Wildman–Crippen LogP) is 2.47. The molecule has 1 aromatic carbocycles. The summed E-state index contributed by atoms with van der Waals surface area (Å²) in [5.74, 6) is -0.143. The van der Waals surface area contributed by atoms with Gasteiger partial charge in [0.05, 0.1) is 11.7 Å². The van der Waals surface area contributed by atoms with E-state index in [0.29, 0.717) is 17.1 Å². The summed E-state index contributed by atoms with van der Waals surface area (Å²) >= 11 is 6.00. The lowest BCUT2D eigenvalue weighted by Crippen LogP contribution is -2.22. The Balaban J connectivity index is 2.19. The van der Waals surface area contributed by atoms with Crippen LogP contribution in [0, 0.1) is 0 Å². The molecule has 1 unspecified atom stereocenters. The number of carbonyl (C=O) groups is 1. The van der Waals surface area contributed by atoms with Gasteiger partial charge >= 0.3 is 0 Å². The van der Waals surface area contributed by atoms with E-state index in [1.165, 1.54) is 13.0 Å². The molecule has 1 saturated heterocycles. The molecule has 2 rings (SSSR count). The third-order valence-electron chi connectivity index (χ3n) is 3.49. The molecule has 1 aromatic rings. The molecule has 1 atom stereocenters.